The van der Waals surface area contributed by atoms with Crippen LogP contribution in [0.4, 0.5) is 11.5 Å². The smallest absolute Gasteiger partial charge is 0.138 e. The number of halogens is 2. The maximum Gasteiger partial charge on any atom is 0.138 e. The van der Waals surface area contributed by atoms with Gasteiger partial charge in [0.2, 0.25) is 0 Å². The molecule has 0 unspecified atom stereocenters. The monoisotopic (exact) mass is 339 g/mol. The third-order valence-corrected chi connectivity index (χ3v) is 3.85. The molecule has 0 radical (unpaired) electrons. The van der Waals surface area contributed by atoms with E-state index < -0.39 is 0 Å². The zero-order valence-corrected chi connectivity index (χ0v) is 13.4. The number of nitrogens with one attached hydrogen (secondary N) is 1. The van der Waals surface area contributed by atoms with Crippen molar-refractivity contribution < 1.29 is 0 Å². The molecule has 0 bridgehead atoms. The van der Waals surface area contributed by atoms with Crippen LogP contribution in [0.25, 0.3) is 0 Å². The van der Waals surface area contributed by atoms with Gasteiger partial charge in [0, 0.05) is 16.5 Å². The van der Waals surface area contributed by atoms with Gasteiger partial charge < -0.3 is 5.32 Å². The molecule has 0 spiro atoms. The Hall–Kier alpha value is -1.13. The Balaban J connectivity index is 2.40. The lowest BCUT2D eigenvalue weighted by molar-refractivity contribution is 0.934. The fraction of sp³-hybridized carbons (Fsp3) is 0.286. The first-order valence-corrected chi connectivity index (χ1v) is 7.24. The second-order valence-corrected chi connectivity index (χ2v) is 5.58. The van der Waals surface area contributed by atoms with Gasteiger partial charge in [-0.1, -0.05) is 24.6 Å². The van der Waals surface area contributed by atoms with Gasteiger partial charge in [-0.25, -0.2) is 9.97 Å². The van der Waals surface area contributed by atoms with Crippen molar-refractivity contribution in [1.82, 2.24) is 9.97 Å². The third-order valence-electron chi connectivity index (χ3n) is 2.83. The number of aryl methyl sites for hydroxylation is 2. The summed E-state index contributed by atoms with van der Waals surface area (Å²) < 4.78 is 1.000. The Bertz CT molecular complexity index is 614. The van der Waals surface area contributed by atoms with Crippen LogP contribution in [0, 0.1) is 13.8 Å². The van der Waals surface area contributed by atoms with Crippen LogP contribution in [0.5, 0.6) is 0 Å². The van der Waals surface area contributed by atoms with E-state index in [0.29, 0.717) is 5.15 Å². The van der Waals surface area contributed by atoms with Crippen LogP contribution in [0.15, 0.2) is 22.7 Å². The molecule has 0 aliphatic heterocycles. The zero-order chi connectivity index (χ0) is 14.0. The molecule has 100 valence electrons. The van der Waals surface area contributed by atoms with E-state index in [-0.39, 0.29) is 0 Å². The highest BCUT2D eigenvalue weighted by Gasteiger charge is 2.10. The number of aromatic nitrogens is 2. The van der Waals surface area contributed by atoms with Gasteiger partial charge in [0.05, 0.1) is 5.69 Å². The Morgan fingerprint density at radius 1 is 1.26 bits per heavy atom. The number of hydrogen-bond acceptors (Lipinski definition) is 3. The molecule has 1 aromatic heterocycles. The molecule has 0 fully saturated rings. The van der Waals surface area contributed by atoms with Gasteiger partial charge in [-0.2, -0.15) is 0 Å². The molecule has 0 atom stereocenters. The molecule has 2 aromatic rings. The van der Waals surface area contributed by atoms with Gasteiger partial charge in [0.15, 0.2) is 0 Å². The van der Waals surface area contributed by atoms with Crippen molar-refractivity contribution in [3.8, 4) is 0 Å². The highest BCUT2D eigenvalue weighted by molar-refractivity contribution is 9.10. The number of benzene rings is 1. The molecule has 1 heterocycles. The summed E-state index contributed by atoms with van der Waals surface area (Å²) >= 11 is 9.67. The van der Waals surface area contributed by atoms with E-state index in [2.05, 4.69) is 44.2 Å². The van der Waals surface area contributed by atoms with Crippen LogP contribution in [0.1, 0.15) is 23.9 Å². The minimum atomic E-state index is 0.498. The first-order valence-electron chi connectivity index (χ1n) is 6.07. The second kappa shape index (κ2) is 5.88. The van der Waals surface area contributed by atoms with Crippen LogP contribution in [-0.4, -0.2) is 9.97 Å². The largest absolute Gasteiger partial charge is 0.339 e. The maximum atomic E-state index is 6.13. The van der Waals surface area contributed by atoms with Crippen molar-refractivity contribution in [1.29, 1.82) is 0 Å². The van der Waals surface area contributed by atoms with E-state index in [1.54, 1.807) is 0 Å². The predicted octanol–water partition coefficient (Wildman–Crippen LogP) is 4.82. The summed E-state index contributed by atoms with van der Waals surface area (Å²) in [5, 5.41) is 3.80. The Morgan fingerprint density at radius 2 is 2.00 bits per heavy atom. The van der Waals surface area contributed by atoms with Crippen molar-refractivity contribution in [2.24, 2.45) is 0 Å². The summed E-state index contributed by atoms with van der Waals surface area (Å²) in [4.78, 5) is 8.72. The fourth-order valence-corrected chi connectivity index (χ4v) is 2.44. The molecule has 0 amide bonds. The normalized spacial score (nSPS) is 10.6. The standard InChI is InChI=1S/C14H15BrClN3/c1-4-12-18-13(16)9(3)14(19-12)17-11-6-5-8(2)7-10(11)15/h5-7H,4H2,1-3H3,(H,17,18,19). The fourth-order valence-electron chi connectivity index (χ4n) is 1.66. The second-order valence-electron chi connectivity index (χ2n) is 4.37. The molecular weight excluding hydrogens is 326 g/mol. The Labute approximate surface area is 126 Å². The molecule has 19 heavy (non-hydrogen) atoms. The zero-order valence-electron chi connectivity index (χ0n) is 11.1. The lowest BCUT2D eigenvalue weighted by Crippen LogP contribution is -2.03. The van der Waals surface area contributed by atoms with Gasteiger partial charge >= 0.3 is 0 Å². The summed E-state index contributed by atoms with van der Waals surface area (Å²) in [6, 6.07) is 6.12. The van der Waals surface area contributed by atoms with Crippen molar-refractivity contribution in [2.75, 3.05) is 5.32 Å². The highest BCUT2D eigenvalue weighted by atomic mass is 79.9. The number of nitrogens with zero attached hydrogens (tertiary/aromatic N) is 2. The number of hydrogen-bond donors (Lipinski definition) is 1. The van der Waals surface area contributed by atoms with Crippen molar-refractivity contribution >= 4 is 39.0 Å². The van der Waals surface area contributed by atoms with Crippen molar-refractivity contribution in [3.63, 3.8) is 0 Å². The lowest BCUT2D eigenvalue weighted by atomic mass is 10.2. The van der Waals surface area contributed by atoms with E-state index in [0.717, 1.165) is 33.8 Å². The third kappa shape index (κ3) is 3.25. The van der Waals surface area contributed by atoms with E-state index in [4.69, 9.17) is 11.6 Å². The van der Waals surface area contributed by atoms with Crippen molar-refractivity contribution in [2.45, 2.75) is 27.2 Å². The topological polar surface area (TPSA) is 37.8 Å². The molecule has 0 saturated carbocycles. The molecule has 3 nitrogen and oxygen atoms in total. The quantitative estimate of drug-likeness (QED) is 0.814. The van der Waals surface area contributed by atoms with E-state index in [9.17, 15) is 0 Å². The van der Waals surface area contributed by atoms with Crippen LogP contribution < -0.4 is 5.32 Å². The number of anilines is 2. The summed E-state index contributed by atoms with van der Waals surface area (Å²) in [6.07, 6.45) is 0.754. The van der Waals surface area contributed by atoms with Crippen LogP contribution in [-0.2, 0) is 6.42 Å². The molecule has 0 aliphatic carbocycles. The molecule has 1 N–H and O–H groups in total. The summed E-state index contributed by atoms with van der Waals surface area (Å²) in [5.41, 5.74) is 3.01. The summed E-state index contributed by atoms with van der Waals surface area (Å²) in [5.74, 6) is 1.49. The van der Waals surface area contributed by atoms with Gasteiger partial charge in [-0.05, 0) is 47.5 Å². The molecular formula is C14H15BrClN3. The predicted molar refractivity (Wildman–Crippen MR) is 83.3 cm³/mol. The van der Waals surface area contributed by atoms with E-state index in [1.165, 1.54) is 5.56 Å². The minimum absolute atomic E-state index is 0.498. The molecule has 2 rings (SSSR count). The molecule has 5 heteroatoms. The summed E-state index contributed by atoms with van der Waals surface area (Å²) in [6.45, 7) is 5.97. The minimum Gasteiger partial charge on any atom is -0.339 e. The Morgan fingerprint density at radius 3 is 2.63 bits per heavy atom. The average molecular weight is 341 g/mol. The van der Waals surface area contributed by atoms with Crippen LogP contribution >= 0.6 is 27.5 Å². The summed E-state index contributed by atoms with van der Waals surface area (Å²) in [7, 11) is 0. The van der Waals surface area contributed by atoms with Gasteiger partial charge in [-0.15, -0.1) is 0 Å². The van der Waals surface area contributed by atoms with Crippen molar-refractivity contribution in [3.05, 3.63) is 44.8 Å². The first kappa shape index (κ1) is 14.3. The van der Waals surface area contributed by atoms with Crippen LogP contribution in [0.3, 0.4) is 0 Å². The Kier molecular flexibility index (Phi) is 4.42. The first-order chi connectivity index (χ1) is 9.01. The van der Waals surface area contributed by atoms with Gasteiger partial charge in [0.1, 0.15) is 16.8 Å². The van der Waals surface area contributed by atoms with Gasteiger partial charge in [0.25, 0.3) is 0 Å². The number of rotatable bonds is 3. The molecule has 0 saturated heterocycles. The lowest BCUT2D eigenvalue weighted by Gasteiger charge is -2.12. The van der Waals surface area contributed by atoms with Gasteiger partial charge in [-0.3, -0.25) is 0 Å². The van der Waals surface area contributed by atoms with E-state index in [1.807, 2.05) is 26.0 Å². The molecule has 1 aromatic carbocycles. The van der Waals surface area contributed by atoms with Crippen LogP contribution in [0.2, 0.25) is 5.15 Å². The maximum absolute atomic E-state index is 6.13. The van der Waals surface area contributed by atoms with E-state index >= 15 is 0 Å². The average Bonchev–Trinajstić information content (AvgIpc) is 2.37. The highest BCUT2D eigenvalue weighted by Crippen LogP contribution is 2.29. The molecule has 0 aliphatic rings. The SMILES string of the molecule is CCc1nc(Cl)c(C)c(Nc2ccc(C)cc2Br)n1.